The topological polar surface area (TPSA) is 50.1 Å². The lowest BCUT2D eigenvalue weighted by molar-refractivity contribution is -0.134. The highest BCUT2D eigenvalue weighted by molar-refractivity contribution is 5.80. The van der Waals surface area contributed by atoms with Crippen LogP contribution < -0.4 is 4.74 Å². The Morgan fingerprint density at radius 1 is 1.14 bits per heavy atom. The van der Waals surface area contributed by atoms with Crippen LogP contribution in [0.5, 0.6) is 5.75 Å². The molecule has 0 aliphatic heterocycles. The van der Waals surface area contributed by atoms with Crippen LogP contribution in [0.25, 0.3) is 11.1 Å². The predicted octanol–water partition coefficient (Wildman–Crippen LogP) is 6.61. The van der Waals surface area contributed by atoms with Gasteiger partial charge in [-0.3, -0.25) is 4.79 Å². The van der Waals surface area contributed by atoms with Crippen LogP contribution in [-0.4, -0.2) is 5.97 Å². The fraction of sp³-hybridized carbons (Fsp3) is 0.385. The quantitative estimate of drug-likeness (QED) is 0.304. The molecule has 2 rings (SSSR count). The maximum Gasteiger partial charge on any atom is 0.311 e. The van der Waals surface area contributed by atoms with Gasteiger partial charge in [-0.25, -0.2) is 0 Å². The smallest absolute Gasteiger partial charge is 0.311 e. The van der Waals surface area contributed by atoms with Crippen LogP contribution >= 0.6 is 0 Å². The van der Waals surface area contributed by atoms with Crippen molar-refractivity contribution in [1.82, 2.24) is 0 Å². The summed E-state index contributed by atoms with van der Waals surface area (Å²) in [5.41, 5.74) is 4.57. The van der Waals surface area contributed by atoms with Crippen molar-refractivity contribution >= 4 is 5.97 Å². The van der Waals surface area contributed by atoms with Crippen molar-refractivity contribution in [2.75, 3.05) is 0 Å². The molecule has 0 aliphatic rings. The maximum absolute atomic E-state index is 12.6. The minimum atomic E-state index is -0.341. The van der Waals surface area contributed by atoms with Crippen LogP contribution in [0.1, 0.15) is 58.6 Å². The molecule has 0 radical (unpaired) electrons. The number of hydrogen-bond donors (Lipinski definition) is 0. The number of hydrogen-bond acceptors (Lipinski definition) is 3. The fourth-order valence-corrected chi connectivity index (χ4v) is 3.14. The zero-order valence-electron chi connectivity index (χ0n) is 18.2. The Bertz CT molecular complexity index is 912. The van der Waals surface area contributed by atoms with E-state index >= 15 is 0 Å². The maximum atomic E-state index is 12.6. The van der Waals surface area contributed by atoms with Gasteiger partial charge in [-0.2, -0.15) is 5.26 Å². The minimum Gasteiger partial charge on any atom is -0.426 e. The fourth-order valence-electron chi connectivity index (χ4n) is 3.14. The summed E-state index contributed by atoms with van der Waals surface area (Å²) in [6, 6.07) is 16.3. The largest absolute Gasteiger partial charge is 0.426 e. The molecule has 0 aliphatic carbocycles. The van der Waals surface area contributed by atoms with E-state index < -0.39 is 0 Å². The van der Waals surface area contributed by atoms with E-state index in [4.69, 9.17) is 10.00 Å². The number of benzene rings is 2. The van der Waals surface area contributed by atoms with Crippen molar-refractivity contribution in [2.24, 2.45) is 5.92 Å². The van der Waals surface area contributed by atoms with Crippen molar-refractivity contribution in [1.29, 1.82) is 5.26 Å². The van der Waals surface area contributed by atoms with Crippen molar-refractivity contribution in [3.63, 3.8) is 0 Å². The summed E-state index contributed by atoms with van der Waals surface area (Å²) in [4.78, 5) is 12.6. The molecule has 2 aromatic carbocycles. The molecule has 2 aromatic rings. The first-order chi connectivity index (χ1) is 13.6. The Morgan fingerprint density at radius 3 is 2.34 bits per heavy atom. The first kappa shape index (κ1) is 22.4. The molecular formula is C26H31NO2. The van der Waals surface area contributed by atoms with Gasteiger partial charge in [-0.1, -0.05) is 77.6 Å². The summed E-state index contributed by atoms with van der Waals surface area (Å²) in [6.45, 7) is 14.5. The average Bonchev–Trinajstić information content (AvgIpc) is 2.66. The van der Waals surface area contributed by atoms with E-state index in [9.17, 15) is 4.79 Å². The summed E-state index contributed by atoms with van der Waals surface area (Å²) < 4.78 is 5.91. The zero-order chi connectivity index (χ0) is 21.6. The lowest BCUT2D eigenvalue weighted by Gasteiger charge is -2.24. The molecule has 0 aromatic heterocycles. The highest BCUT2D eigenvalue weighted by Gasteiger charge is 2.22. The molecule has 0 saturated carbocycles. The van der Waals surface area contributed by atoms with Gasteiger partial charge in [-0.05, 0) is 46.9 Å². The predicted molar refractivity (Wildman–Crippen MR) is 119 cm³/mol. The molecule has 0 fully saturated rings. The van der Waals surface area contributed by atoms with Crippen LogP contribution in [-0.2, 0) is 16.6 Å². The van der Waals surface area contributed by atoms with Crippen molar-refractivity contribution in [2.45, 2.75) is 59.3 Å². The lowest BCUT2D eigenvalue weighted by atomic mass is 9.82. The second kappa shape index (κ2) is 9.56. The Balaban J connectivity index is 2.57. The Labute approximate surface area is 175 Å². The molecule has 3 nitrogen and oxygen atoms in total. The van der Waals surface area contributed by atoms with Gasteiger partial charge >= 0.3 is 5.97 Å². The van der Waals surface area contributed by atoms with E-state index in [0.717, 1.165) is 23.1 Å². The normalized spacial score (nSPS) is 11.2. The number of carbonyl (C=O) groups excluding carboxylic acids is 1. The summed E-state index contributed by atoms with van der Waals surface area (Å²) in [6.07, 6.45) is 1.27. The highest BCUT2D eigenvalue weighted by Crippen LogP contribution is 2.39. The summed E-state index contributed by atoms with van der Waals surface area (Å²) >= 11 is 0. The van der Waals surface area contributed by atoms with Crippen molar-refractivity contribution < 1.29 is 9.53 Å². The summed E-state index contributed by atoms with van der Waals surface area (Å²) in [5, 5.41) is 8.88. The van der Waals surface area contributed by atoms with E-state index in [-0.39, 0.29) is 17.8 Å². The van der Waals surface area contributed by atoms with E-state index in [1.54, 1.807) is 0 Å². The van der Waals surface area contributed by atoms with Crippen LogP contribution in [0.4, 0.5) is 0 Å². The molecule has 0 spiro atoms. The third-order valence-corrected chi connectivity index (χ3v) is 4.75. The Kier molecular flexibility index (Phi) is 7.40. The van der Waals surface area contributed by atoms with Gasteiger partial charge in [0.2, 0.25) is 0 Å². The molecule has 0 unspecified atom stereocenters. The first-order valence-electron chi connectivity index (χ1n) is 10.1. The van der Waals surface area contributed by atoms with E-state index in [2.05, 4.69) is 53.3 Å². The van der Waals surface area contributed by atoms with E-state index in [1.165, 1.54) is 5.56 Å². The Morgan fingerprint density at radius 2 is 1.79 bits per heavy atom. The van der Waals surface area contributed by atoms with Gasteiger partial charge in [0.05, 0.1) is 12.5 Å². The highest BCUT2D eigenvalue weighted by atomic mass is 16.5. The Hall–Kier alpha value is -2.86. The molecule has 0 atom stereocenters. The molecule has 152 valence electrons. The summed E-state index contributed by atoms with van der Waals surface area (Å²) in [5.74, 6) is 0.710. The second-order valence-corrected chi connectivity index (χ2v) is 8.92. The van der Waals surface area contributed by atoms with Crippen LogP contribution in [0.2, 0.25) is 0 Å². The van der Waals surface area contributed by atoms with Gasteiger partial charge in [0.1, 0.15) is 5.75 Å². The van der Waals surface area contributed by atoms with E-state index in [0.29, 0.717) is 23.7 Å². The number of ether oxygens (including phenoxy) is 1. The lowest BCUT2D eigenvalue weighted by Crippen LogP contribution is -2.15. The molecular weight excluding hydrogens is 358 g/mol. The van der Waals surface area contributed by atoms with Gasteiger partial charge < -0.3 is 4.74 Å². The minimum absolute atomic E-state index is 0.0255. The third kappa shape index (κ3) is 6.32. The number of carbonyl (C=O) groups is 1. The first-order valence-corrected chi connectivity index (χ1v) is 10.1. The number of esters is 1. The molecule has 0 N–H and O–H groups in total. The SMILES string of the molecule is C=C(C#N)CCC(=O)Oc1c(CC(C)C)cc(C(C)(C)C)cc1-c1ccccc1. The van der Waals surface area contributed by atoms with Gasteiger partial charge in [0, 0.05) is 11.1 Å². The van der Waals surface area contributed by atoms with Gasteiger partial charge in [0.25, 0.3) is 0 Å². The van der Waals surface area contributed by atoms with Gasteiger partial charge in [0.15, 0.2) is 0 Å². The van der Waals surface area contributed by atoms with Crippen LogP contribution in [0.15, 0.2) is 54.6 Å². The van der Waals surface area contributed by atoms with E-state index in [1.807, 2.05) is 36.4 Å². The van der Waals surface area contributed by atoms with Gasteiger partial charge in [-0.15, -0.1) is 0 Å². The van der Waals surface area contributed by atoms with Crippen LogP contribution in [0.3, 0.4) is 0 Å². The van der Waals surface area contributed by atoms with Crippen molar-refractivity contribution in [3.8, 4) is 22.9 Å². The average molecular weight is 390 g/mol. The molecule has 0 heterocycles. The third-order valence-electron chi connectivity index (χ3n) is 4.75. The van der Waals surface area contributed by atoms with Crippen LogP contribution in [0, 0.1) is 17.2 Å². The summed E-state index contributed by atoms with van der Waals surface area (Å²) in [7, 11) is 0. The second-order valence-electron chi connectivity index (χ2n) is 8.92. The standard InChI is InChI=1S/C26H31NO2/c1-18(2)14-21-15-22(26(4,5)6)16-23(20-10-8-7-9-11-20)25(21)29-24(28)13-12-19(3)17-27/h7-11,15-16,18H,3,12-14H2,1-2,4-6H3. The monoisotopic (exact) mass is 389 g/mol. The molecule has 0 saturated heterocycles. The number of rotatable bonds is 7. The number of nitrogens with zero attached hydrogens (tertiary/aromatic N) is 1. The van der Waals surface area contributed by atoms with Crippen molar-refractivity contribution in [3.05, 3.63) is 65.7 Å². The molecule has 0 amide bonds. The molecule has 29 heavy (non-hydrogen) atoms. The molecule has 3 heteroatoms. The zero-order valence-corrected chi connectivity index (χ0v) is 18.2. The molecule has 0 bridgehead atoms. The number of allylic oxidation sites excluding steroid dienone is 1. The number of nitriles is 1.